The summed E-state index contributed by atoms with van der Waals surface area (Å²) in [7, 11) is 3.16. The Bertz CT molecular complexity index is 795. The second-order valence-electron chi connectivity index (χ2n) is 5.81. The standard InChI is InChI=1S/C20H24N2O4/c1-13-7-6-8-14(2)20(13)26-12-19(23)22-21-15(3)17-10-9-16(24-4)11-18(17)25-5/h6-11H,12H2,1-5H3,(H,22,23). The third-order valence-electron chi connectivity index (χ3n) is 3.90. The zero-order chi connectivity index (χ0) is 19.1. The predicted molar refractivity (Wildman–Crippen MR) is 101 cm³/mol. The fraction of sp³-hybridized carbons (Fsp3) is 0.300. The number of carbonyl (C=O) groups excluding carboxylic acids is 1. The van der Waals surface area contributed by atoms with Gasteiger partial charge in [-0.25, -0.2) is 5.43 Å². The van der Waals surface area contributed by atoms with Crippen molar-refractivity contribution in [1.29, 1.82) is 0 Å². The largest absolute Gasteiger partial charge is 0.497 e. The van der Waals surface area contributed by atoms with Crippen molar-refractivity contribution < 1.29 is 19.0 Å². The van der Waals surface area contributed by atoms with Crippen LogP contribution in [0.15, 0.2) is 41.5 Å². The predicted octanol–water partition coefficient (Wildman–Crippen LogP) is 3.24. The molecule has 2 rings (SSSR count). The van der Waals surface area contributed by atoms with E-state index in [0.717, 1.165) is 22.4 Å². The van der Waals surface area contributed by atoms with Gasteiger partial charge in [-0.05, 0) is 44.0 Å². The summed E-state index contributed by atoms with van der Waals surface area (Å²) in [6, 6.07) is 11.2. The summed E-state index contributed by atoms with van der Waals surface area (Å²) in [6.07, 6.45) is 0. The molecule has 0 saturated heterocycles. The molecule has 26 heavy (non-hydrogen) atoms. The first-order valence-corrected chi connectivity index (χ1v) is 8.20. The molecular formula is C20H24N2O4. The molecular weight excluding hydrogens is 332 g/mol. The number of amides is 1. The molecule has 6 heteroatoms. The van der Waals surface area contributed by atoms with Gasteiger partial charge in [0.05, 0.1) is 19.9 Å². The van der Waals surface area contributed by atoms with Gasteiger partial charge in [0.25, 0.3) is 5.91 Å². The zero-order valence-electron chi connectivity index (χ0n) is 15.8. The van der Waals surface area contributed by atoms with Crippen molar-refractivity contribution in [3.63, 3.8) is 0 Å². The van der Waals surface area contributed by atoms with Crippen molar-refractivity contribution in [3.8, 4) is 17.2 Å². The highest BCUT2D eigenvalue weighted by Crippen LogP contribution is 2.25. The van der Waals surface area contributed by atoms with Gasteiger partial charge in [-0.3, -0.25) is 4.79 Å². The van der Waals surface area contributed by atoms with Crippen LogP contribution < -0.4 is 19.6 Å². The topological polar surface area (TPSA) is 69.2 Å². The van der Waals surface area contributed by atoms with Crippen molar-refractivity contribution in [3.05, 3.63) is 53.1 Å². The maximum atomic E-state index is 12.0. The van der Waals surface area contributed by atoms with Crippen LogP contribution in [0.4, 0.5) is 0 Å². The minimum absolute atomic E-state index is 0.109. The van der Waals surface area contributed by atoms with E-state index in [2.05, 4.69) is 10.5 Å². The molecule has 0 atom stereocenters. The van der Waals surface area contributed by atoms with E-state index in [-0.39, 0.29) is 12.5 Å². The molecule has 0 bridgehead atoms. The maximum Gasteiger partial charge on any atom is 0.277 e. The Kier molecular flexibility index (Phi) is 6.60. The Morgan fingerprint density at radius 3 is 2.38 bits per heavy atom. The summed E-state index contributed by atoms with van der Waals surface area (Å²) in [5.74, 6) is 1.69. The van der Waals surface area contributed by atoms with E-state index in [1.165, 1.54) is 0 Å². The highest BCUT2D eigenvalue weighted by atomic mass is 16.5. The Morgan fingerprint density at radius 2 is 1.77 bits per heavy atom. The number of hydrogen-bond donors (Lipinski definition) is 1. The Hall–Kier alpha value is -3.02. The number of rotatable bonds is 7. The average Bonchev–Trinajstić information content (AvgIpc) is 2.65. The van der Waals surface area contributed by atoms with Gasteiger partial charge in [0.15, 0.2) is 6.61 Å². The van der Waals surface area contributed by atoms with Gasteiger partial charge in [0, 0.05) is 11.6 Å². The van der Waals surface area contributed by atoms with Gasteiger partial charge < -0.3 is 14.2 Å². The number of ether oxygens (including phenoxy) is 3. The van der Waals surface area contributed by atoms with Gasteiger partial charge in [-0.1, -0.05) is 18.2 Å². The molecule has 0 heterocycles. The van der Waals surface area contributed by atoms with E-state index in [0.29, 0.717) is 17.2 Å². The molecule has 0 saturated carbocycles. The summed E-state index contributed by atoms with van der Waals surface area (Å²) < 4.78 is 16.1. The van der Waals surface area contributed by atoms with Crippen LogP contribution in [0, 0.1) is 13.8 Å². The lowest BCUT2D eigenvalue weighted by Crippen LogP contribution is -2.26. The van der Waals surface area contributed by atoms with Gasteiger partial charge in [-0.15, -0.1) is 0 Å². The van der Waals surface area contributed by atoms with Crippen molar-refractivity contribution in [2.45, 2.75) is 20.8 Å². The molecule has 1 N–H and O–H groups in total. The van der Waals surface area contributed by atoms with Crippen LogP contribution in [0.2, 0.25) is 0 Å². The smallest absolute Gasteiger partial charge is 0.277 e. The monoisotopic (exact) mass is 356 g/mol. The second-order valence-corrected chi connectivity index (χ2v) is 5.81. The Labute approximate surface area is 153 Å². The van der Waals surface area contributed by atoms with E-state index in [9.17, 15) is 4.79 Å². The highest BCUT2D eigenvalue weighted by Gasteiger charge is 2.10. The summed E-state index contributed by atoms with van der Waals surface area (Å²) in [5, 5.41) is 4.13. The molecule has 138 valence electrons. The van der Waals surface area contributed by atoms with E-state index in [4.69, 9.17) is 14.2 Å². The highest BCUT2D eigenvalue weighted by molar-refractivity contribution is 6.01. The van der Waals surface area contributed by atoms with Crippen LogP contribution in [0.25, 0.3) is 0 Å². The number of hydrogen-bond acceptors (Lipinski definition) is 5. The zero-order valence-corrected chi connectivity index (χ0v) is 15.8. The number of aryl methyl sites for hydroxylation is 2. The molecule has 6 nitrogen and oxygen atoms in total. The number of nitrogens with one attached hydrogen (secondary N) is 1. The fourth-order valence-corrected chi connectivity index (χ4v) is 2.50. The molecule has 0 spiro atoms. The van der Waals surface area contributed by atoms with Crippen LogP contribution in [-0.2, 0) is 4.79 Å². The summed E-state index contributed by atoms with van der Waals surface area (Å²) in [5.41, 5.74) is 5.86. The lowest BCUT2D eigenvalue weighted by Gasteiger charge is -2.12. The van der Waals surface area contributed by atoms with Crippen LogP contribution in [0.3, 0.4) is 0 Å². The van der Waals surface area contributed by atoms with Crippen LogP contribution in [-0.4, -0.2) is 32.4 Å². The van der Waals surface area contributed by atoms with Gasteiger partial charge in [-0.2, -0.15) is 5.10 Å². The third-order valence-corrected chi connectivity index (χ3v) is 3.90. The van der Waals surface area contributed by atoms with Crippen molar-refractivity contribution in [2.75, 3.05) is 20.8 Å². The number of nitrogens with zero attached hydrogens (tertiary/aromatic N) is 1. The van der Waals surface area contributed by atoms with E-state index >= 15 is 0 Å². The minimum atomic E-state index is -0.334. The van der Waals surface area contributed by atoms with Crippen molar-refractivity contribution >= 4 is 11.6 Å². The summed E-state index contributed by atoms with van der Waals surface area (Å²) in [4.78, 5) is 12.0. The first-order chi connectivity index (χ1) is 12.5. The van der Waals surface area contributed by atoms with Crippen LogP contribution in [0.5, 0.6) is 17.2 Å². The van der Waals surface area contributed by atoms with Gasteiger partial charge >= 0.3 is 0 Å². The molecule has 0 aliphatic rings. The van der Waals surface area contributed by atoms with E-state index in [1.54, 1.807) is 27.2 Å². The van der Waals surface area contributed by atoms with Crippen LogP contribution in [0.1, 0.15) is 23.6 Å². The Morgan fingerprint density at radius 1 is 1.08 bits per heavy atom. The SMILES string of the molecule is COc1ccc(C(C)=NNC(=O)COc2c(C)cccc2C)c(OC)c1. The molecule has 0 aromatic heterocycles. The third kappa shape index (κ3) is 4.75. The fourth-order valence-electron chi connectivity index (χ4n) is 2.50. The number of methoxy groups -OCH3 is 2. The lowest BCUT2D eigenvalue weighted by molar-refractivity contribution is -0.123. The number of para-hydroxylation sites is 1. The molecule has 0 unspecified atom stereocenters. The molecule has 2 aromatic rings. The summed E-state index contributed by atoms with van der Waals surface area (Å²) >= 11 is 0. The van der Waals surface area contributed by atoms with E-state index in [1.807, 2.05) is 44.2 Å². The minimum Gasteiger partial charge on any atom is -0.497 e. The second kappa shape index (κ2) is 8.89. The molecule has 0 aliphatic heterocycles. The van der Waals surface area contributed by atoms with Gasteiger partial charge in [0.2, 0.25) is 0 Å². The van der Waals surface area contributed by atoms with Crippen molar-refractivity contribution in [2.24, 2.45) is 5.10 Å². The Balaban J connectivity index is 2.01. The van der Waals surface area contributed by atoms with E-state index < -0.39 is 0 Å². The first-order valence-electron chi connectivity index (χ1n) is 8.20. The summed E-state index contributed by atoms with van der Waals surface area (Å²) in [6.45, 7) is 5.57. The van der Waals surface area contributed by atoms with Gasteiger partial charge in [0.1, 0.15) is 17.2 Å². The quantitative estimate of drug-likeness (QED) is 0.611. The number of hydrazone groups is 1. The normalized spacial score (nSPS) is 11.0. The van der Waals surface area contributed by atoms with Crippen LogP contribution >= 0.6 is 0 Å². The molecule has 2 aromatic carbocycles. The average molecular weight is 356 g/mol. The molecule has 0 radical (unpaired) electrons. The molecule has 0 aliphatic carbocycles. The molecule has 1 amide bonds. The lowest BCUT2D eigenvalue weighted by atomic mass is 10.1. The first kappa shape index (κ1) is 19.3. The van der Waals surface area contributed by atoms with Crippen molar-refractivity contribution in [1.82, 2.24) is 5.43 Å². The number of benzene rings is 2. The maximum absolute atomic E-state index is 12.0. The molecule has 0 fully saturated rings. The number of carbonyl (C=O) groups is 1.